The predicted molar refractivity (Wildman–Crippen MR) is 129 cm³/mol. The molecule has 0 saturated carbocycles. The van der Waals surface area contributed by atoms with Gasteiger partial charge in [0.05, 0.1) is 24.9 Å². The van der Waals surface area contributed by atoms with E-state index in [1.165, 1.54) is 20.3 Å². The molecule has 0 aliphatic carbocycles. The third-order valence-corrected chi connectivity index (χ3v) is 5.03. The van der Waals surface area contributed by atoms with Gasteiger partial charge in [-0.1, -0.05) is 41.9 Å². The third kappa shape index (κ3) is 6.15. The molecule has 0 saturated heterocycles. The van der Waals surface area contributed by atoms with Crippen molar-refractivity contribution in [1.29, 1.82) is 5.26 Å². The molecule has 0 aromatic heterocycles. The lowest BCUT2D eigenvalue weighted by Gasteiger charge is -2.12. The van der Waals surface area contributed by atoms with Crippen LogP contribution in [0.2, 0.25) is 5.02 Å². The number of carbonyl (C=O) groups is 2. The Balaban J connectivity index is 1.73. The van der Waals surface area contributed by atoms with Crippen molar-refractivity contribution in [1.82, 2.24) is 0 Å². The summed E-state index contributed by atoms with van der Waals surface area (Å²) in [5, 5.41) is 12.6. The smallest absolute Gasteiger partial charge is 0.262 e. The molecule has 0 aliphatic rings. The number of hydrogen-bond donors (Lipinski definition) is 1. The molecular weight excluding hydrogens is 456 g/mol. The highest BCUT2D eigenvalue weighted by atomic mass is 35.5. The number of nitrogens with zero attached hydrogens (tertiary/aromatic N) is 1. The molecule has 0 fully saturated rings. The Bertz CT molecular complexity index is 1280. The minimum Gasteiger partial charge on any atom is -0.497 e. The summed E-state index contributed by atoms with van der Waals surface area (Å²) in [6.45, 7) is -0.269. The molecule has 3 rings (SSSR count). The average Bonchev–Trinajstić information content (AvgIpc) is 2.87. The fraction of sp³-hybridized carbons (Fsp3) is 0.115. The summed E-state index contributed by atoms with van der Waals surface area (Å²) in [5.41, 5.74) is 1.32. The summed E-state index contributed by atoms with van der Waals surface area (Å²) in [6.07, 6.45) is 1.46. The van der Waals surface area contributed by atoms with Crippen molar-refractivity contribution in [3.8, 4) is 23.3 Å². The number of ketones is 1. The van der Waals surface area contributed by atoms with Crippen molar-refractivity contribution in [2.24, 2.45) is 0 Å². The first-order valence-corrected chi connectivity index (χ1v) is 10.5. The Hall–Kier alpha value is -4.28. The lowest BCUT2D eigenvalue weighted by atomic mass is 10.0. The summed E-state index contributed by atoms with van der Waals surface area (Å²) >= 11 is 6.05. The summed E-state index contributed by atoms with van der Waals surface area (Å²) in [6, 6.07) is 20.2. The standard InChI is InChI=1S/C26H21ClN2O5/c1-32-20-7-5-6-18(14-20)26(31)19(15-28)12-17-10-11-23(24(13-17)33-2)34-16-25(30)29-22-9-4-3-8-21(22)27/h3-14H,16H2,1-2H3,(H,29,30)/b19-12+. The monoisotopic (exact) mass is 476 g/mol. The normalized spacial score (nSPS) is 10.7. The summed E-state index contributed by atoms with van der Waals surface area (Å²) < 4.78 is 16.1. The summed E-state index contributed by atoms with van der Waals surface area (Å²) in [7, 11) is 2.95. The molecule has 0 radical (unpaired) electrons. The van der Waals surface area contributed by atoms with Crippen LogP contribution in [0.25, 0.3) is 6.08 Å². The SMILES string of the molecule is COc1cccc(C(=O)/C(C#N)=C/c2ccc(OCC(=O)Nc3ccccc3Cl)c(OC)c2)c1. The van der Waals surface area contributed by atoms with E-state index in [-0.39, 0.29) is 12.2 Å². The number of halogens is 1. The Kier molecular flexibility index (Phi) is 8.27. The van der Waals surface area contributed by atoms with E-state index in [9.17, 15) is 14.9 Å². The highest BCUT2D eigenvalue weighted by Crippen LogP contribution is 2.29. The van der Waals surface area contributed by atoms with Crippen LogP contribution in [0.1, 0.15) is 15.9 Å². The molecule has 3 aromatic rings. The second-order valence-electron chi connectivity index (χ2n) is 6.96. The van der Waals surface area contributed by atoms with Crippen LogP contribution in [0.15, 0.2) is 72.3 Å². The zero-order valence-electron chi connectivity index (χ0n) is 18.5. The van der Waals surface area contributed by atoms with Crippen molar-refractivity contribution in [3.63, 3.8) is 0 Å². The minimum absolute atomic E-state index is 0.0527. The van der Waals surface area contributed by atoms with Gasteiger partial charge in [-0.15, -0.1) is 0 Å². The fourth-order valence-corrected chi connectivity index (χ4v) is 3.20. The van der Waals surface area contributed by atoms with E-state index >= 15 is 0 Å². The number of amides is 1. The van der Waals surface area contributed by atoms with Crippen molar-refractivity contribution in [2.75, 3.05) is 26.1 Å². The number of ether oxygens (including phenoxy) is 3. The zero-order valence-corrected chi connectivity index (χ0v) is 19.3. The van der Waals surface area contributed by atoms with Crippen LogP contribution in [0.3, 0.4) is 0 Å². The molecule has 7 nitrogen and oxygen atoms in total. The first-order chi connectivity index (χ1) is 16.4. The van der Waals surface area contributed by atoms with Crippen LogP contribution in [-0.2, 0) is 4.79 Å². The van der Waals surface area contributed by atoms with Gasteiger partial charge in [0.1, 0.15) is 17.4 Å². The average molecular weight is 477 g/mol. The number of nitriles is 1. The van der Waals surface area contributed by atoms with E-state index in [1.807, 2.05) is 6.07 Å². The van der Waals surface area contributed by atoms with Crippen LogP contribution >= 0.6 is 11.6 Å². The topological polar surface area (TPSA) is 97.7 Å². The van der Waals surface area contributed by atoms with Crippen molar-refractivity contribution < 1.29 is 23.8 Å². The number of allylic oxidation sites excluding steroid dienone is 1. The molecule has 1 amide bonds. The molecule has 1 N–H and O–H groups in total. The first-order valence-electron chi connectivity index (χ1n) is 10.1. The summed E-state index contributed by atoms with van der Waals surface area (Å²) in [4.78, 5) is 25.0. The zero-order chi connectivity index (χ0) is 24.5. The maximum Gasteiger partial charge on any atom is 0.262 e. The number of para-hydroxylation sites is 1. The molecule has 0 atom stereocenters. The second-order valence-corrected chi connectivity index (χ2v) is 7.37. The Morgan fingerprint density at radius 2 is 1.79 bits per heavy atom. The van der Waals surface area contributed by atoms with Gasteiger partial charge in [0.25, 0.3) is 5.91 Å². The maximum atomic E-state index is 12.8. The molecule has 8 heteroatoms. The number of anilines is 1. The largest absolute Gasteiger partial charge is 0.497 e. The van der Waals surface area contributed by atoms with E-state index in [0.717, 1.165) is 0 Å². The fourth-order valence-electron chi connectivity index (χ4n) is 3.02. The first kappa shape index (κ1) is 24.4. The van der Waals surface area contributed by atoms with Gasteiger partial charge in [0, 0.05) is 5.56 Å². The third-order valence-electron chi connectivity index (χ3n) is 4.70. The van der Waals surface area contributed by atoms with Crippen molar-refractivity contribution in [2.45, 2.75) is 0 Å². The molecule has 0 heterocycles. The highest BCUT2D eigenvalue weighted by molar-refractivity contribution is 6.33. The minimum atomic E-state index is -0.433. The van der Waals surface area contributed by atoms with Gasteiger partial charge in [0.15, 0.2) is 18.1 Å². The highest BCUT2D eigenvalue weighted by Gasteiger charge is 2.14. The molecule has 0 aliphatic heterocycles. The van der Waals surface area contributed by atoms with E-state index in [0.29, 0.717) is 39.1 Å². The van der Waals surface area contributed by atoms with Gasteiger partial charge in [-0.05, 0) is 48.0 Å². The van der Waals surface area contributed by atoms with E-state index in [1.54, 1.807) is 66.7 Å². The van der Waals surface area contributed by atoms with Gasteiger partial charge in [0.2, 0.25) is 5.78 Å². The lowest BCUT2D eigenvalue weighted by molar-refractivity contribution is -0.118. The molecule has 0 bridgehead atoms. The van der Waals surface area contributed by atoms with Crippen molar-refractivity contribution in [3.05, 3.63) is 88.5 Å². The number of benzene rings is 3. The number of hydrogen-bond acceptors (Lipinski definition) is 6. The van der Waals surface area contributed by atoms with Gasteiger partial charge >= 0.3 is 0 Å². The number of Topliss-reactive ketones (excluding diaryl/α,β-unsaturated/α-hetero) is 1. The number of rotatable bonds is 9. The molecule has 172 valence electrons. The Morgan fingerprint density at radius 1 is 1.00 bits per heavy atom. The molecule has 34 heavy (non-hydrogen) atoms. The van der Waals surface area contributed by atoms with Gasteiger partial charge in [-0.2, -0.15) is 5.26 Å². The quantitative estimate of drug-likeness (QED) is 0.260. The second kappa shape index (κ2) is 11.5. The van der Waals surface area contributed by atoms with Crippen molar-refractivity contribution >= 4 is 35.1 Å². The molecule has 0 spiro atoms. The summed E-state index contributed by atoms with van der Waals surface area (Å²) in [5.74, 6) is 0.355. The van der Waals surface area contributed by atoms with Crippen LogP contribution in [0.5, 0.6) is 17.2 Å². The molecular formula is C26H21ClN2O5. The van der Waals surface area contributed by atoms with E-state index in [2.05, 4.69) is 5.32 Å². The molecule has 0 unspecified atom stereocenters. The maximum absolute atomic E-state index is 12.8. The lowest BCUT2D eigenvalue weighted by Crippen LogP contribution is -2.20. The number of carbonyl (C=O) groups excluding carboxylic acids is 2. The van der Waals surface area contributed by atoms with Crippen LogP contribution in [0.4, 0.5) is 5.69 Å². The van der Waals surface area contributed by atoms with Crippen LogP contribution in [-0.4, -0.2) is 32.5 Å². The van der Waals surface area contributed by atoms with Crippen LogP contribution < -0.4 is 19.5 Å². The number of nitrogens with one attached hydrogen (secondary N) is 1. The number of methoxy groups -OCH3 is 2. The Labute approximate surface area is 202 Å². The van der Waals surface area contributed by atoms with Gasteiger partial charge in [-0.25, -0.2) is 0 Å². The predicted octanol–water partition coefficient (Wildman–Crippen LogP) is 5.16. The Morgan fingerprint density at radius 3 is 2.50 bits per heavy atom. The van der Waals surface area contributed by atoms with Crippen LogP contribution in [0, 0.1) is 11.3 Å². The van der Waals surface area contributed by atoms with E-state index in [4.69, 9.17) is 25.8 Å². The van der Waals surface area contributed by atoms with E-state index < -0.39 is 11.7 Å². The van der Waals surface area contributed by atoms with Gasteiger partial charge < -0.3 is 19.5 Å². The molecule has 3 aromatic carbocycles. The van der Waals surface area contributed by atoms with Gasteiger partial charge in [-0.3, -0.25) is 9.59 Å².